The van der Waals surface area contributed by atoms with Crippen LogP contribution in [0.2, 0.25) is 0 Å². The summed E-state index contributed by atoms with van der Waals surface area (Å²) >= 11 is 0. The van der Waals surface area contributed by atoms with Gasteiger partial charge in [0.15, 0.2) is 12.4 Å². The predicted molar refractivity (Wildman–Crippen MR) is 108 cm³/mol. The third-order valence-corrected chi connectivity index (χ3v) is 5.26. The van der Waals surface area contributed by atoms with Crippen molar-refractivity contribution in [2.75, 3.05) is 11.9 Å². The molecule has 0 saturated heterocycles. The number of benzene rings is 1. The molecule has 2 N–H and O–H groups in total. The second kappa shape index (κ2) is 9.41. The Morgan fingerprint density at radius 1 is 1.17 bits per heavy atom. The molecule has 29 heavy (non-hydrogen) atoms. The molecule has 154 valence electrons. The normalized spacial score (nSPS) is 18.7. The maximum absolute atomic E-state index is 12.4. The van der Waals surface area contributed by atoms with E-state index in [0.717, 1.165) is 24.8 Å². The second-order valence-corrected chi connectivity index (χ2v) is 7.47. The Morgan fingerprint density at radius 2 is 1.97 bits per heavy atom. The number of esters is 1. The molecule has 0 unspecified atom stereocenters. The maximum Gasteiger partial charge on any atom is 0.338 e. The number of anilines is 1. The summed E-state index contributed by atoms with van der Waals surface area (Å²) in [5.74, 6) is -0.725. The highest BCUT2D eigenvalue weighted by atomic mass is 16.5. The monoisotopic (exact) mass is 398 g/mol. The van der Waals surface area contributed by atoms with Crippen LogP contribution in [-0.2, 0) is 9.53 Å². The summed E-state index contributed by atoms with van der Waals surface area (Å²) in [5.41, 5.74) is 1.51. The van der Waals surface area contributed by atoms with Crippen LogP contribution in [0.5, 0.6) is 0 Å². The number of nitrogens with one attached hydrogen (secondary N) is 2. The molecule has 2 atom stereocenters. The second-order valence-electron chi connectivity index (χ2n) is 7.47. The van der Waals surface area contributed by atoms with Crippen LogP contribution in [0.1, 0.15) is 59.1 Å². The first-order valence-corrected chi connectivity index (χ1v) is 9.86. The highest BCUT2D eigenvalue weighted by Crippen LogP contribution is 2.23. The van der Waals surface area contributed by atoms with Crippen molar-refractivity contribution in [2.24, 2.45) is 5.92 Å². The van der Waals surface area contributed by atoms with E-state index in [1.54, 1.807) is 24.3 Å². The van der Waals surface area contributed by atoms with Crippen molar-refractivity contribution in [3.63, 3.8) is 0 Å². The van der Waals surface area contributed by atoms with E-state index in [4.69, 9.17) is 9.15 Å². The number of rotatable bonds is 6. The third kappa shape index (κ3) is 5.47. The van der Waals surface area contributed by atoms with Gasteiger partial charge in [-0.15, -0.1) is 0 Å². The lowest BCUT2D eigenvalue weighted by atomic mass is 9.86. The molecular formula is C22H26N2O5. The maximum atomic E-state index is 12.4. The molecule has 7 nitrogen and oxygen atoms in total. The average molecular weight is 398 g/mol. The molecule has 1 aliphatic carbocycles. The fourth-order valence-corrected chi connectivity index (χ4v) is 3.47. The quantitative estimate of drug-likeness (QED) is 0.723. The summed E-state index contributed by atoms with van der Waals surface area (Å²) in [6.07, 6.45) is 5.76. The summed E-state index contributed by atoms with van der Waals surface area (Å²) in [6.45, 7) is 3.61. The molecule has 1 saturated carbocycles. The Kier molecular flexibility index (Phi) is 6.69. The number of hydrogen-bond acceptors (Lipinski definition) is 5. The van der Waals surface area contributed by atoms with Crippen LogP contribution in [0.3, 0.4) is 0 Å². The summed E-state index contributed by atoms with van der Waals surface area (Å²) in [6, 6.07) is 8.14. The van der Waals surface area contributed by atoms with E-state index in [1.165, 1.54) is 18.8 Å². The van der Waals surface area contributed by atoms with Crippen LogP contribution in [-0.4, -0.2) is 30.4 Å². The smallest absolute Gasteiger partial charge is 0.338 e. The van der Waals surface area contributed by atoms with Gasteiger partial charge in [-0.05, 0) is 55.5 Å². The summed E-state index contributed by atoms with van der Waals surface area (Å²) in [7, 11) is 0. The molecule has 2 aromatic rings. The van der Waals surface area contributed by atoms with Crippen molar-refractivity contribution in [3.8, 4) is 0 Å². The lowest BCUT2D eigenvalue weighted by Gasteiger charge is -2.29. The predicted octanol–water partition coefficient (Wildman–Crippen LogP) is 3.69. The van der Waals surface area contributed by atoms with Gasteiger partial charge in [-0.1, -0.05) is 25.8 Å². The van der Waals surface area contributed by atoms with E-state index in [2.05, 4.69) is 17.6 Å². The minimum absolute atomic E-state index is 0.137. The van der Waals surface area contributed by atoms with Gasteiger partial charge in [-0.25, -0.2) is 4.79 Å². The molecule has 1 fully saturated rings. The molecule has 1 heterocycles. The first-order valence-electron chi connectivity index (χ1n) is 9.86. The highest BCUT2D eigenvalue weighted by molar-refractivity contribution is 6.03. The fourth-order valence-electron chi connectivity index (χ4n) is 3.47. The Hall–Kier alpha value is -3.09. The van der Waals surface area contributed by atoms with Crippen molar-refractivity contribution >= 4 is 23.5 Å². The van der Waals surface area contributed by atoms with Crippen LogP contribution in [0.4, 0.5) is 5.69 Å². The summed E-state index contributed by atoms with van der Waals surface area (Å²) < 4.78 is 10.2. The number of furan rings is 1. The van der Waals surface area contributed by atoms with Gasteiger partial charge in [0, 0.05) is 11.7 Å². The van der Waals surface area contributed by atoms with E-state index < -0.39 is 11.9 Å². The molecule has 0 bridgehead atoms. The number of carbonyl (C=O) groups is 3. The van der Waals surface area contributed by atoms with Gasteiger partial charge >= 0.3 is 5.97 Å². The van der Waals surface area contributed by atoms with Crippen molar-refractivity contribution in [1.82, 2.24) is 5.32 Å². The Labute approximate surface area is 169 Å². The lowest BCUT2D eigenvalue weighted by Crippen LogP contribution is -2.42. The SMILES string of the molecule is Cc1ccc(C(=O)OCC(=O)N[C@H]2CCCC[C@H]2C)cc1NC(=O)c1ccco1. The number of carbonyl (C=O) groups excluding carboxylic acids is 3. The van der Waals surface area contributed by atoms with Crippen LogP contribution in [0, 0.1) is 12.8 Å². The zero-order chi connectivity index (χ0) is 20.8. The highest BCUT2D eigenvalue weighted by Gasteiger charge is 2.23. The van der Waals surface area contributed by atoms with Gasteiger partial charge in [0.05, 0.1) is 11.8 Å². The molecule has 7 heteroatoms. The van der Waals surface area contributed by atoms with Gasteiger partial charge in [0.25, 0.3) is 11.8 Å². The minimum atomic E-state index is -0.620. The molecule has 1 aliphatic rings. The van der Waals surface area contributed by atoms with Crippen molar-refractivity contribution in [3.05, 3.63) is 53.5 Å². The lowest BCUT2D eigenvalue weighted by molar-refractivity contribution is -0.125. The number of aryl methyl sites for hydroxylation is 1. The van der Waals surface area contributed by atoms with Gasteiger partial charge in [0.2, 0.25) is 0 Å². The first kappa shape index (κ1) is 20.6. The van der Waals surface area contributed by atoms with Gasteiger partial charge < -0.3 is 19.8 Å². The van der Waals surface area contributed by atoms with Crippen molar-refractivity contribution in [1.29, 1.82) is 0 Å². The van der Waals surface area contributed by atoms with Gasteiger partial charge in [0.1, 0.15) is 0 Å². The molecule has 1 aromatic heterocycles. The number of amides is 2. The summed E-state index contributed by atoms with van der Waals surface area (Å²) in [5, 5.41) is 5.67. The molecule has 1 aromatic carbocycles. The number of ether oxygens (including phenoxy) is 1. The Balaban J connectivity index is 1.56. The van der Waals surface area contributed by atoms with E-state index in [0.29, 0.717) is 11.6 Å². The summed E-state index contributed by atoms with van der Waals surface area (Å²) in [4.78, 5) is 36.7. The van der Waals surface area contributed by atoms with E-state index in [-0.39, 0.29) is 29.9 Å². The number of hydrogen-bond donors (Lipinski definition) is 2. The van der Waals surface area contributed by atoms with Crippen molar-refractivity contribution < 1.29 is 23.5 Å². The average Bonchev–Trinajstić information content (AvgIpc) is 3.24. The minimum Gasteiger partial charge on any atom is -0.459 e. The van der Waals surface area contributed by atoms with E-state index >= 15 is 0 Å². The molecule has 2 amide bonds. The zero-order valence-electron chi connectivity index (χ0n) is 16.7. The van der Waals surface area contributed by atoms with Crippen LogP contribution < -0.4 is 10.6 Å². The van der Waals surface area contributed by atoms with Gasteiger partial charge in [-0.2, -0.15) is 0 Å². The van der Waals surface area contributed by atoms with E-state index in [1.807, 2.05) is 6.92 Å². The molecule has 3 rings (SSSR count). The third-order valence-electron chi connectivity index (χ3n) is 5.26. The topological polar surface area (TPSA) is 97.6 Å². The Bertz CT molecular complexity index is 875. The van der Waals surface area contributed by atoms with Crippen LogP contribution in [0.25, 0.3) is 0 Å². The molecule has 0 spiro atoms. The first-order chi connectivity index (χ1) is 13.9. The van der Waals surface area contributed by atoms with Gasteiger partial charge in [-0.3, -0.25) is 9.59 Å². The largest absolute Gasteiger partial charge is 0.459 e. The fraction of sp³-hybridized carbons (Fsp3) is 0.409. The van der Waals surface area contributed by atoms with Crippen LogP contribution >= 0.6 is 0 Å². The van der Waals surface area contributed by atoms with E-state index in [9.17, 15) is 14.4 Å². The Morgan fingerprint density at radius 3 is 2.69 bits per heavy atom. The molecule has 0 radical (unpaired) electrons. The van der Waals surface area contributed by atoms with Crippen LogP contribution in [0.15, 0.2) is 41.0 Å². The standard InChI is InChI=1S/C22H26N2O5/c1-14-6-3-4-7-17(14)23-20(25)13-29-22(27)16-10-9-15(2)18(12-16)24-21(26)19-8-5-11-28-19/h5,8-12,14,17H,3-4,6-7,13H2,1-2H3,(H,23,25)(H,24,26)/t14-,17+/m1/s1. The van der Waals surface area contributed by atoms with Crippen molar-refractivity contribution in [2.45, 2.75) is 45.6 Å². The molecular weight excluding hydrogens is 372 g/mol. The zero-order valence-corrected chi connectivity index (χ0v) is 16.7. The molecule has 0 aliphatic heterocycles.